The van der Waals surface area contributed by atoms with Crippen LogP contribution in [0.3, 0.4) is 0 Å². The van der Waals surface area contributed by atoms with Gasteiger partial charge in [-0.1, -0.05) is 255 Å². The minimum atomic E-state index is -5.25. The van der Waals surface area contributed by atoms with Crippen LogP contribution in [0.25, 0.3) is 64.6 Å². The van der Waals surface area contributed by atoms with E-state index in [9.17, 15) is 0 Å². The van der Waals surface area contributed by atoms with Crippen molar-refractivity contribution in [1.29, 1.82) is 0 Å². The van der Waals surface area contributed by atoms with E-state index in [1.54, 1.807) is 0 Å². The predicted octanol–water partition coefficient (Wildman–Crippen LogP) is 9.97. The minimum absolute atomic E-state index is 1.25. The van der Waals surface area contributed by atoms with Gasteiger partial charge < -0.3 is 0 Å². The van der Waals surface area contributed by atoms with Crippen molar-refractivity contribution in [2.75, 3.05) is 0 Å². The van der Waals surface area contributed by atoms with Gasteiger partial charge in [0.25, 0.3) is 0 Å². The molecular formula is C60H44CrO4Si2. The average Bonchev–Trinajstić information content (AvgIpc) is 3.37. The van der Waals surface area contributed by atoms with Crippen molar-refractivity contribution in [3.8, 4) is 0 Å². The molecule has 0 aliphatic rings. The molecule has 67 heavy (non-hydrogen) atoms. The van der Waals surface area contributed by atoms with Gasteiger partial charge in [-0.05, 0) is 95.8 Å². The maximum atomic E-state index is 8.82. The van der Waals surface area contributed by atoms with Gasteiger partial charge in [0.05, 0.1) is 0 Å². The van der Waals surface area contributed by atoms with Gasteiger partial charge in [-0.15, -0.1) is 0 Å². The third-order valence-corrected chi connectivity index (χ3v) is 18.2. The van der Waals surface area contributed by atoms with Crippen LogP contribution in [0.1, 0.15) is 0 Å². The van der Waals surface area contributed by atoms with E-state index >= 15 is 0 Å². The van der Waals surface area contributed by atoms with Gasteiger partial charge in [0.2, 0.25) is 0 Å². The van der Waals surface area contributed by atoms with Gasteiger partial charge in [0.15, 0.2) is 17.6 Å². The van der Waals surface area contributed by atoms with Crippen molar-refractivity contribution in [3.63, 3.8) is 0 Å². The second-order valence-electron chi connectivity index (χ2n) is 16.4. The zero-order valence-corrected chi connectivity index (χ0v) is 39.6. The van der Waals surface area contributed by atoms with E-state index in [4.69, 9.17) is 15.9 Å². The van der Waals surface area contributed by atoms with Crippen LogP contribution in [-0.4, -0.2) is 25.9 Å². The van der Waals surface area contributed by atoms with Crippen LogP contribution in [0.2, 0.25) is 0 Å². The minimum Gasteiger partial charge on any atom is -0.0618 e. The summed E-state index contributed by atoms with van der Waals surface area (Å²) in [5.41, 5.74) is 0. The fourth-order valence-corrected chi connectivity index (χ4v) is 15.8. The molecule has 7 heteroatoms. The van der Waals surface area contributed by atoms with E-state index in [0.717, 1.165) is 0 Å². The van der Waals surface area contributed by atoms with Crippen LogP contribution in [0.15, 0.2) is 255 Å². The molecule has 0 aromatic heterocycles. The van der Waals surface area contributed by atoms with E-state index in [1.165, 1.54) is 95.8 Å². The van der Waals surface area contributed by atoms with E-state index in [1.807, 2.05) is 0 Å². The smallest absolute Gasteiger partial charge is 0.0618 e. The molecule has 0 saturated carbocycles. The van der Waals surface area contributed by atoms with Gasteiger partial charge in [-0.2, -0.15) is 0 Å². The summed E-state index contributed by atoms with van der Waals surface area (Å²) >= 11 is -5.25. The average molecular weight is 937 g/mol. The van der Waals surface area contributed by atoms with E-state index in [0.29, 0.717) is 0 Å². The van der Waals surface area contributed by atoms with E-state index in [2.05, 4.69) is 255 Å². The predicted molar refractivity (Wildman–Crippen MR) is 279 cm³/mol. The maximum Gasteiger partial charge on any atom is 0.156 e. The fraction of sp³-hybridized carbons (Fsp3) is 0. The normalized spacial score (nSPS) is 11.5. The van der Waals surface area contributed by atoms with Crippen LogP contribution in [-0.2, 0) is 21.2 Å². The van der Waals surface area contributed by atoms with E-state index in [-0.39, 0.29) is 0 Å². The second kappa shape index (κ2) is 19.3. The Hall–Kier alpha value is -7.31. The third-order valence-electron chi connectivity index (χ3n) is 12.4. The number of fused-ring (bicyclic) bond motifs is 6. The molecule has 0 spiro atoms. The molecule has 2 radical (unpaired) electrons. The quantitative estimate of drug-likeness (QED) is 0.129. The number of hydrogen-bond donors (Lipinski definition) is 2. The Labute approximate surface area is 395 Å². The summed E-state index contributed by atoms with van der Waals surface area (Å²) in [6, 6.07) is 93.6. The van der Waals surface area contributed by atoms with Gasteiger partial charge in [-0.3, -0.25) is 0 Å². The van der Waals surface area contributed by atoms with Crippen molar-refractivity contribution in [3.05, 3.63) is 255 Å². The molecule has 0 saturated heterocycles. The zero-order chi connectivity index (χ0) is 45.7. The summed E-state index contributed by atoms with van der Waals surface area (Å²) in [5, 5.41) is 24.7. The van der Waals surface area contributed by atoms with Crippen LogP contribution < -0.4 is 31.1 Å². The van der Waals surface area contributed by atoms with E-state index < -0.39 is 31.2 Å². The third kappa shape index (κ3) is 9.26. The number of hydrogen-bond acceptors (Lipinski definition) is 2. The molecule has 0 aliphatic carbocycles. The molecule has 0 amide bonds. The standard InChI is InChI=1S/2C30H21Si.Cr.2H2O.2O/c2*1-4-16-25-22(10-1)13-7-19-28(25)31(29-20-8-14-23-11-2-5-17-26(23)29)30-21-9-15-24-12-3-6-18-27(24)30;;;;;/h2*1-21H;;2*1H2;;/q;;+2;;;;/p-2. The summed E-state index contributed by atoms with van der Waals surface area (Å²) in [7, 11) is -2.50. The maximum absolute atomic E-state index is 8.82. The molecule has 12 aromatic rings. The molecule has 0 heterocycles. The summed E-state index contributed by atoms with van der Waals surface area (Å²) < 4.78 is 31.9. The Bertz CT molecular complexity index is 3200. The van der Waals surface area contributed by atoms with Crippen LogP contribution in [0, 0.1) is 0 Å². The van der Waals surface area contributed by atoms with Crippen molar-refractivity contribution >= 4 is 113 Å². The van der Waals surface area contributed by atoms with Crippen molar-refractivity contribution in [2.24, 2.45) is 0 Å². The first-order valence-electron chi connectivity index (χ1n) is 22.1. The first-order valence-corrected chi connectivity index (χ1v) is 27.3. The Kier molecular flexibility index (Phi) is 12.5. The Morgan fingerprint density at radius 3 is 0.522 bits per heavy atom. The molecule has 12 rings (SSSR count). The summed E-state index contributed by atoms with van der Waals surface area (Å²) in [4.78, 5) is 0. The van der Waals surface area contributed by atoms with Crippen molar-refractivity contribution in [1.82, 2.24) is 0 Å². The summed E-state index contributed by atoms with van der Waals surface area (Å²) in [5.74, 6) is 0. The van der Waals surface area contributed by atoms with Crippen LogP contribution in [0.5, 0.6) is 0 Å². The van der Waals surface area contributed by atoms with Crippen LogP contribution >= 0.6 is 0 Å². The van der Waals surface area contributed by atoms with Crippen molar-refractivity contribution < 1.29 is 29.5 Å². The number of benzene rings is 12. The molecule has 0 aliphatic heterocycles. The molecule has 0 fully saturated rings. The molecule has 2 N–H and O–H groups in total. The second-order valence-corrected chi connectivity index (χ2v) is 22.5. The van der Waals surface area contributed by atoms with Gasteiger partial charge in [0.1, 0.15) is 0 Å². The largest absolute Gasteiger partial charge is 0.156 e. The first-order chi connectivity index (χ1) is 32.8. The molecule has 12 aromatic carbocycles. The fourth-order valence-electron chi connectivity index (χ4n) is 9.53. The summed E-state index contributed by atoms with van der Waals surface area (Å²) in [6.45, 7) is 0. The molecule has 0 unspecified atom stereocenters. The Balaban J connectivity index is 0.000000143. The topological polar surface area (TPSA) is 74.6 Å². The zero-order valence-electron chi connectivity index (χ0n) is 36.4. The van der Waals surface area contributed by atoms with Gasteiger partial charge in [-0.25, -0.2) is 0 Å². The molecule has 0 bridgehead atoms. The SMILES string of the molecule is [O]=[Cr](=[O])([OH])[OH].c1ccc2c([Si](c3cccc4ccccc34)c3cccc4ccccc34)cccc2c1.c1ccc2c([Si](c3cccc4ccccc34)c3cccc4ccccc34)cccc2c1. The van der Waals surface area contributed by atoms with Crippen LogP contribution in [0.4, 0.5) is 0 Å². The Morgan fingerprint density at radius 2 is 0.358 bits per heavy atom. The van der Waals surface area contributed by atoms with Crippen molar-refractivity contribution in [2.45, 2.75) is 0 Å². The molecular weight excluding hydrogens is 893 g/mol. The van der Waals surface area contributed by atoms with Gasteiger partial charge in [0, 0.05) is 0 Å². The molecule has 4 nitrogen and oxygen atoms in total. The monoisotopic (exact) mass is 936 g/mol. The summed E-state index contributed by atoms with van der Waals surface area (Å²) in [6.07, 6.45) is 0. The Morgan fingerprint density at radius 1 is 0.224 bits per heavy atom. The van der Waals surface area contributed by atoms with Gasteiger partial charge >= 0.3 is 29.5 Å². The first kappa shape index (κ1) is 43.6. The molecule has 322 valence electrons. The molecule has 0 atom stereocenters. The number of rotatable bonds is 6.